The number of anilines is 1. The zero-order valence-electron chi connectivity index (χ0n) is 14.9. The second-order valence-electron chi connectivity index (χ2n) is 7.52. The molecule has 0 aromatic carbocycles. The number of fused-ring (bicyclic) bond motifs is 1. The third-order valence-electron chi connectivity index (χ3n) is 5.53. The van der Waals surface area contributed by atoms with Gasteiger partial charge in [-0.2, -0.15) is 4.98 Å². The molecule has 0 amide bonds. The molecule has 1 aliphatic heterocycles. The predicted molar refractivity (Wildman–Crippen MR) is 97.0 cm³/mol. The van der Waals surface area contributed by atoms with Gasteiger partial charge in [0.1, 0.15) is 0 Å². The van der Waals surface area contributed by atoms with Crippen LogP contribution in [0.4, 0.5) is 5.95 Å². The second-order valence-corrected chi connectivity index (χ2v) is 7.52. The SMILES string of the molecule is Cn1c(=O)c2c(nc(N3CCCC(N)C3)n2CCC2CC2)n(C)c1=O. The van der Waals surface area contributed by atoms with Crippen LogP contribution in [-0.2, 0) is 20.6 Å². The normalized spacial score (nSPS) is 21.2. The van der Waals surface area contributed by atoms with Crippen LogP contribution in [0.3, 0.4) is 0 Å². The molecule has 1 atom stereocenters. The van der Waals surface area contributed by atoms with E-state index in [-0.39, 0.29) is 17.3 Å². The maximum Gasteiger partial charge on any atom is 0.332 e. The van der Waals surface area contributed by atoms with Crippen molar-refractivity contribution in [1.82, 2.24) is 18.7 Å². The summed E-state index contributed by atoms with van der Waals surface area (Å²) in [4.78, 5) is 31.9. The minimum Gasteiger partial charge on any atom is -0.341 e. The number of nitrogens with two attached hydrogens (primary N) is 1. The van der Waals surface area contributed by atoms with Crippen LogP contribution < -0.4 is 21.9 Å². The van der Waals surface area contributed by atoms with E-state index in [0.29, 0.717) is 11.2 Å². The fraction of sp³-hybridized carbons (Fsp3) is 0.706. The maximum atomic E-state index is 12.8. The van der Waals surface area contributed by atoms with Crippen molar-refractivity contribution in [2.45, 2.75) is 44.7 Å². The first-order valence-electron chi connectivity index (χ1n) is 9.14. The van der Waals surface area contributed by atoms with Crippen molar-refractivity contribution in [3.05, 3.63) is 20.8 Å². The van der Waals surface area contributed by atoms with Crippen LogP contribution in [0.1, 0.15) is 32.1 Å². The van der Waals surface area contributed by atoms with Crippen molar-refractivity contribution in [1.29, 1.82) is 0 Å². The van der Waals surface area contributed by atoms with Crippen LogP contribution >= 0.6 is 0 Å². The standard InChI is InChI=1S/C17H26N6O2/c1-20-14-13(15(24)21(2)17(20)25)23(9-7-11-5-6-11)16(19-14)22-8-3-4-12(18)10-22/h11-12H,3-10,18H2,1-2H3. The molecule has 0 spiro atoms. The molecule has 1 unspecified atom stereocenters. The molecule has 3 heterocycles. The third kappa shape index (κ3) is 2.78. The number of aromatic nitrogens is 4. The average molecular weight is 346 g/mol. The Kier molecular flexibility index (Phi) is 3.94. The number of nitrogens with zero attached hydrogens (tertiary/aromatic N) is 5. The molecule has 2 aromatic heterocycles. The highest BCUT2D eigenvalue weighted by Gasteiger charge is 2.27. The molecule has 4 rings (SSSR count). The van der Waals surface area contributed by atoms with E-state index in [0.717, 1.165) is 50.8 Å². The van der Waals surface area contributed by atoms with Crippen LogP contribution in [0.2, 0.25) is 0 Å². The van der Waals surface area contributed by atoms with Crippen molar-refractivity contribution < 1.29 is 0 Å². The molecule has 1 saturated heterocycles. The highest BCUT2D eigenvalue weighted by molar-refractivity contribution is 5.74. The summed E-state index contributed by atoms with van der Waals surface area (Å²) in [6.07, 6.45) is 5.62. The fourth-order valence-corrected chi connectivity index (χ4v) is 3.80. The van der Waals surface area contributed by atoms with Gasteiger partial charge in [-0.1, -0.05) is 12.8 Å². The van der Waals surface area contributed by atoms with Gasteiger partial charge < -0.3 is 15.2 Å². The average Bonchev–Trinajstić information content (AvgIpc) is 3.35. The summed E-state index contributed by atoms with van der Waals surface area (Å²) in [7, 11) is 3.20. The molecule has 1 aliphatic carbocycles. The molecule has 1 saturated carbocycles. The molecule has 8 heteroatoms. The first kappa shape index (κ1) is 16.4. The van der Waals surface area contributed by atoms with E-state index in [9.17, 15) is 9.59 Å². The largest absolute Gasteiger partial charge is 0.341 e. The van der Waals surface area contributed by atoms with Gasteiger partial charge in [0, 0.05) is 39.8 Å². The van der Waals surface area contributed by atoms with E-state index < -0.39 is 0 Å². The van der Waals surface area contributed by atoms with Crippen molar-refractivity contribution in [3.63, 3.8) is 0 Å². The van der Waals surface area contributed by atoms with E-state index in [2.05, 4.69) is 4.90 Å². The Labute approximate surface area is 145 Å². The molecular weight excluding hydrogens is 320 g/mol. The van der Waals surface area contributed by atoms with E-state index in [1.54, 1.807) is 7.05 Å². The zero-order valence-corrected chi connectivity index (χ0v) is 14.9. The molecule has 2 N–H and O–H groups in total. The fourth-order valence-electron chi connectivity index (χ4n) is 3.80. The number of imidazole rings is 1. The second kappa shape index (κ2) is 6.01. The monoisotopic (exact) mass is 346 g/mol. The number of hydrogen-bond acceptors (Lipinski definition) is 5. The Morgan fingerprint density at radius 1 is 1.16 bits per heavy atom. The number of piperidine rings is 1. The molecule has 2 fully saturated rings. The van der Waals surface area contributed by atoms with Crippen LogP contribution in [-0.4, -0.2) is 37.8 Å². The van der Waals surface area contributed by atoms with Crippen LogP contribution in [0.15, 0.2) is 9.59 Å². The lowest BCUT2D eigenvalue weighted by molar-refractivity contribution is 0.490. The topological polar surface area (TPSA) is 91.1 Å². The minimum absolute atomic E-state index is 0.122. The Morgan fingerprint density at radius 2 is 1.92 bits per heavy atom. The number of rotatable bonds is 4. The molecule has 0 radical (unpaired) electrons. The summed E-state index contributed by atoms with van der Waals surface area (Å²) >= 11 is 0. The highest BCUT2D eigenvalue weighted by Crippen LogP contribution is 2.34. The molecular formula is C17H26N6O2. The van der Waals surface area contributed by atoms with Crippen molar-refractivity contribution in [2.75, 3.05) is 18.0 Å². The molecule has 136 valence electrons. The Morgan fingerprint density at radius 3 is 2.60 bits per heavy atom. The van der Waals surface area contributed by atoms with Crippen LogP contribution in [0.5, 0.6) is 0 Å². The van der Waals surface area contributed by atoms with Crippen LogP contribution in [0, 0.1) is 5.92 Å². The smallest absolute Gasteiger partial charge is 0.332 e. The van der Waals surface area contributed by atoms with E-state index in [1.807, 2.05) is 4.57 Å². The first-order valence-corrected chi connectivity index (χ1v) is 9.14. The minimum atomic E-state index is -0.341. The summed E-state index contributed by atoms with van der Waals surface area (Å²) in [5, 5.41) is 0. The first-order chi connectivity index (χ1) is 12.0. The number of hydrogen-bond donors (Lipinski definition) is 1. The lowest BCUT2D eigenvalue weighted by Gasteiger charge is -2.31. The summed E-state index contributed by atoms with van der Waals surface area (Å²) < 4.78 is 4.66. The van der Waals surface area contributed by atoms with Crippen molar-refractivity contribution in [2.24, 2.45) is 25.7 Å². The predicted octanol–water partition coefficient (Wildman–Crippen LogP) is 0.161. The van der Waals surface area contributed by atoms with Gasteiger partial charge in [0.05, 0.1) is 0 Å². The lowest BCUT2D eigenvalue weighted by atomic mass is 10.1. The summed E-state index contributed by atoms with van der Waals surface area (Å²) in [5.41, 5.74) is 6.53. The quantitative estimate of drug-likeness (QED) is 0.852. The maximum absolute atomic E-state index is 12.8. The number of aryl methyl sites for hydroxylation is 2. The molecule has 8 nitrogen and oxygen atoms in total. The Bertz CT molecular complexity index is 920. The van der Waals surface area contributed by atoms with Gasteiger partial charge in [-0.25, -0.2) is 4.79 Å². The van der Waals surface area contributed by atoms with Gasteiger partial charge in [-0.3, -0.25) is 13.9 Å². The third-order valence-corrected chi connectivity index (χ3v) is 5.53. The highest BCUT2D eigenvalue weighted by atomic mass is 16.2. The van der Waals surface area contributed by atoms with Crippen molar-refractivity contribution >= 4 is 17.1 Å². The molecule has 25 heavy (non-hydrogen) atoms. The van der Waals surface area contributed by atoms with Gasteiger partial charge >= 0.3 is 5.69 Å². The van der Waals surface area contributed by atoms with E-state index in [1.165, 1.54) is 29.0 Å². The van der Waals surface area contributed by atoms with Gasteiger partial charge in [0.25, 0.3) is 5.56 Å². The summed E-state index contributed by atoms with van der Waals surface area (Å²) in [5.74, 6) is 1.54. The summed E-state index contributed by atoms with van der Waals surface area (Å²) in [6.45, 7) is 2.38. The van der Waals surface area contributed by atoms with Crippen molar-refractivity contribution in [3.8, 4) is 0 Å². The van der Waals surface area contributed by atoms with Gasteiger partial charge in [0.15, 0.2) is 11.2 Å². The van der Waals surface area contributed by atoms with Gasteiger partial charge in [-0.05, 0) is 25.2 Å². The molecule has 2 aromatic rings. The molecule has 2 aliphatic rings. The Hall–Kier alpha value is -2.09. The van der Waals surface area contributed by atoms with Crippen LogP contribution in [0.25, 0.3) is 11.2 Å². The van der Waals surface area contributed by atoms with E-state index >= 15 is 0 Å². The molecule has 0 bridgehead atoms. The summed E-state index contributed by atoms with van der Waals surface area (Å²) in [6, 6.07) is 0.122. The van der Waals surface area contributed by atoms with E-state index in [4.69, 9.17) is 10.7 Å². The van der Waals surface area contributed by atoms with Gasteiger partial charge in [0.2, 0.25) is 5.95 Å². The lowest BCUT2D eigenvalue weighted by Crippen LogP contribution is -2.44. The van der Waals surface area contributed by atoms with Gasteiger partial charge in [-0.15, -0.1) is 0 Å². The Balaban J connectivity index is 1.89. The zero-order chi connectivity index (χ0) is 17.7.